The number of fused-ring (bicyclic) bond motifs is 6. The summed E-state index contributed by atoms with van der Waals surface area (Å²) in [6.07, 6.45) is 15.3. The first-order chi connectivity index (χ1) is 39.7. The molecule has 6 saturated heterocycles. The summed E-state index contributed by atoms with van der Waals surface area (Å²) in [6.45, 7) is 16.3. The number of aromatic nitrogens is 8. The highest BCUT2D eigenvalue weighted by atomic mass is 79.9. The van der Waals surface area contributed by atoms with Gasteiger partial charge in [0.05, 0.1) is 60.7 Å². The lowest BCUT2D eigenvalue weighted by Crippen LogP contribution is -2.68. The Kier molecular flexibility index (Phi) is 16.5. The van der Waals surface area contributed by atoms with Gasteiger partial charge in [0.15, 0.2) is 0 Å². The number of nitrogens with two attached hydrogens (primary N) is 1. The number of amides is 2. The van der Waals surface area contributed by atoms with Gasteiger partial charge in [-0.3, -0.25) is 15.1 Å². The molecule has 6 aliphatic heterocycles. The first-order valence-electron chi connectivity index (χ1n) is 27.1. The summed E-state index contributed by atoms with van der Waals surface area (Å²) < 4.78 is 24.6. The summed E-state index contributed by atoms with van der Waals surface area (Å²) in [5, 5.41) is 30.6. The lowest BCUT2D eigenvalue weighted by molar-refractivity contribution is -0.00879. The van der Waals surface area contributed by atoms with Crippen molar-refractivity contribution in [3.05, 3.63) is 137 Å². The fraction of sp³-hybridized carbons (Fsp3) is 0.367. The van der Waals surface area contributed by atoms with Crippen LogP contribution in [0.4, 0.5) is 26.9 Å². The summed E-state index contributed by atoms with van der Waals surface area (Å²) in [7, 11) is 3.26. The number of ether oxygens (including phenoxy) is 4. The van der Waals surface area contributed by atoms with Crippen molar-refractivity contribution >= 4 is 56.5 Å². The molecule has 4 atom stereocenters. The van der Waals surface area contributed by atoms with Crippen molar-refractivity contribution in [3.8, 4) is 46.2 Å². The van der Waals surface area contributed by atoms with Gasteiger partial charge >= 0.3 is 12.2 Å². The third-order valence-corrected chi connectivity index (χ3v) is 15.1. The molecule has 14 rings (SSSR count). The zero-order valence-corrected chi connectivity index (χ0v) is 49.1. The van der Waals surface area contributed by atoms with Crippen molar-refractivity contribution in [3.63, 3.8) is 0 Å². The van der Waals surface area contributed by atoms with Crippen molar-refractivity contribution in [1.29, 1.82) is 10.5 Å². The van der Waals surface area contributed by atoms with Gasteiger partial charge in [-0.05, 0) is 118 Å². The molecule has 0 radical (unpaired) electrons. The molecule has 4 unspecified atom stereocenters. The van der Waals surface area contributed by atoms with Crippen LogP contribution in [0.3, 0.4) is 0 Å². The highest BCUT2D eigenvalue weighted by molar-refractivity contribution is 9.10. The van der Waals surface area contributed by atoms with E-state index in [-0.39, 0.29) is 0 Å². The number of piperazine rings is 2. The van der Waals surface area contributed by atoms with E-state index in [9.17, 15) is 20.1 Å². The second-order valence-electron chi connectivity index (χ2n) is 22.8. The molecule has 3 N–H and O–H groups in total. The van der Waals surface area contributed by atoms with Crippen LogP contribution in [-0.4, -0.2) is 137 Å². The number of anilines is 3. The van der Waals surface area contributed by atoms with E-state index in [0.29, 0.717) is 58.3 Å². The van der Waals surface area contributed by atoms with Gasteiger partial charge in [-0.25, -0.2) is 38.6 Å². The van der Waals surface area contributed by atoms with E-state index in [1.807, 2.05) is 88.2 Å². The predicted octanol–water partition coefficient (Wildman–Crippen LogP) is 9.26. The number of nitrogens with one attached hydrogen (secondary N) is 1. The minimum atomic E-state index is -0.725. The predicted molar refractivity (Wildman–Crippen MR) is 316 cm³/mol. The lowest BCUT2D eigenvalue weighted by atomic mass is 9.87. The second-order valence-corrected chi connectivity index (χ2v) is 23.7. The van der Waals surface area contributed by atoms with E-state index in [2.05, 4.69) is 102 Å². The van der Waals surface area contributed by atoms with Crippen molar-refractivity contribution in [1.82, 2.24) is 49.0 Å². The molecule has 428 valence electrons. The van der Waals surface area contributed by atoms with Crippen LogP contribution in [-0.2, 0) is 22.6 Å². The minimum Gasteiger partial charge on any atom is -0.481 e. The number of halogens is 1. The Bertz CT molecular complexity index is 3690. The van der Waals surface area contributed by atoms with Crippen LogP contribution in [0, 0.1) is 22.7 Å². The Morgan fingerprint density at radius 1 is 0.627 bits per heavy atom. The van der Waals surface area contributed by atoms with Crippen LogP contribution in [0.2, 0.25) is 0 Å². The Labute approximate surface area is 489 Å². The third kappa shape index (κ3) is 13.2. The Hall–Kier alpha value is -8.90. The van der Waals surface area contributed by atoms with Gasteiger partial charge in [0.1, 0.15) is 35.0 Å². The zero-order valence-electron chi connectivity index (χ0n) is 47.5. The maximum atomic E-state index is 12.4. The van der Waals surface area contributed by atoms with E-state index in [1.165, 1.54) is 30.2 Å². The van der Waals surface area contributed by atoms with Crippen LogP contribution in [0.15, 0.2) is 115 Å². The quantitative estimate of drug-likeness (QED) is 0.122. The van der Waals surface area contributed by atoms with Gasteiger partial charge < -0.3 is 34.5 Å². The number of rotatable bonds is 11. The number of nitriles is 2. The summed E-state index contributed by atoms with van der Waals surface area (Å²) >= 11 is 3.55. The fourth-order valence-corrected chi connectivity index (χ4v) is 11.4. The van der Waals surface area contributed by atoms with E-state index >= 15 is 0 Å². The zero-order chi connectivity index (χ0) is 58.7. The van der Waals surface area contributed by atoms with Gasteiger partial charge in [0.25, 0.3) is 0 Å². The number of piperidine rings is 2. The maximum absolute atomic E-state index is 12.4. The van der Waals surface area contributed by atoms with Crippen molar-refractivity contribution < 1.29 is 28.5 Å². The first-order valence-corrected chi connectivity index (χ1v) is 27.9. The normalized spacial score (nSPS) is 18.2. The average molecular weight is 1190 g/mol. The molecule has 4 bridgehead atoms. The molecule has 8 aromatic heterocycles. The molecular formula is C60H65BrN16O6. The number of methoxy groups -OCH3 is 2. The summed E-state index contributed by atoms with van der Waals surface area (Å²) in [5.41, 5.74) is 12.4. The standard InChI is InChI=1S/C30H32N8O3.C25H22BrN7O.C5H11NO2/c1-30(2,3)41-29(39)35-22-9-25(28-21(11-31)14-34-38(28)16-22)20-6-7-26(32-13-20)36-17-23-10-24(18-36)37(23)15-19-5-8-27(40-4)33-12-19;1-34-24-5-2-16(9-29-24)12-32-20-7-21(32)15-31(14-20)23-4-3-17(10-28-23)22-6-19(26)13-33-25(22)18(8-27)11-30-33;1-5(2,3)8-4(6)7/h5-9,12-14,16,23-24H,10,15,17-18H2,1-4H3,(H,35,39);2-6,9-11,13,20-21H,7,12,14-15H2,1H3;1-3H3,(H2,6,7). The fourth-order valence-electron chi connectivity index (χ4n) is 11.0. The Balaban J connectivity index is 0.000000166. The molecule has 22 nitrogen and oxygen atoms in total. The van der Waals surface area contributed by atoms with Crippen LogP contribution in [0.5, 0.6) is 11.8 Å². The number of primary amides is 1. The highest BCUT2D eigenvalue weighted by Gasteiger charge is 2.46. The topological polar surface area (TPSA) is 256 Å². The summed E-state index contributed by atoms with van der Waals surface area (Å²) in [5.74, 6) is 3.18. The Morgan fingerprint density at radius 2 is 1.08 bits per heavy atom. The van der Waals surface area contributed by atoms with Crippen molar-refractivity contribution in [2.75, 3.05) is 55.5 Å². The van der Waals surface area contributed by atoms with Gasteiger partial charge in [-0.15, -0.1) is 0 Å². The summed E-state index contributed by atoms with van der Waals surface area (Å²) in [6, 6.07) is 26.5. The molecule has 6 aliphatic rings. The molecule has 23 heteroatoms. The first kappa shape index (κ1) is 57.3. The van der Waals surface area contributed by atoms with E-state index in [0.717, 1.165) is 83.1 Å². The number of carbonyl (C=O) groups excluding carboxylic acids is 2. The Morgan fingerprint density at radius 3 is 1.46 bits per heavy atom. The molecular weight excluding hydrogens is 1120 g/mol. The second kappa shape index (κ2) is 23.9. The number of hydrogen-bond acceptors (Lipinski definition) is 18. The van der Waals surface area contributed by atoms with Crippen LogP contribution >= 0.6 is 15.9 Å². The van der Waals surface area contributed by atoms with E-state index in [1.54, 1.807) is 56.4 Å². The molecule has 6 fully saturated rings. The van der Waals surface area contributed by atoms with Crippen LogP contribution < -0.4 is 30.3 Å². The van der Waals surface area contributed by atoms with E-state index in [4.69, 9.17) is 29.9 Å². The van der Waals surface area contributed by atoms with Crippen LogP contribution in [0.1, 0.15) is 76.6 Å². The molecule has 0 saturated carbocycles. The monoisotopic (exact) mass is 1180 g/mol. The lowest BCUT2D eigenvalue weighted by Gasteiger charge is -2.56. The largest absolute Gasteiger partial charge is 0.481 e. The molecule has 0 aliphatic carbocycles. The minimum absolute atomic E-state index is 0.441. The van der Waals surface area contributed by atoms with Gasteiger partial charge in [0, 0.05) is 133 Å². The molecule has 2 amide bonds. The van der Waals surface area contributed by atoms with Crippen LogP contribution in [0.25, 0.3) is 33.3 Å². The average Bonchev–Trinajstić information content (AvgIpc) is 2.09. The molecule has 0 aromatic carbocycles. The maximum Gasteiger partial charge on any atom is 0.412 e. The molecule has 83 heavy (non-hydrogen) atoms. The van der Waals surface area contributed by atoms with Crippen molar-refractivity contribution in [2.45, 2.75) is 103 Å². The van der Waals surface area contributed by atoms with E-state index < -0.39 is 23.4 Å². The van der Waals surface area contributed by atoms with Crippen molar-refractivity contribution in [2.24, 2.45) is 5.73 Å². The number of hydrogen-bond donors (Lipinski definition) is 2. The molecule has 0 spiro atoms. The third-order valence-electron chi connectivity index (χ3n) is 14.7. The molecule has 14 heterocycles. The van der Waals surface area contributed by atoms with Gasteiger partial charge in [0.2, 0.25) is 11.8 Å². The number of pyridine rings is 6. The van der Waals surface area contributed by atoms with Gasteiger partial charge in [-0.1, -0.05) is 12.1 Å². The highest BCUT2D eigenvalue weighted by Crippen LogP contribution is 2.39. The van der Waals surface area contributed by atoms with Gasteiger partial charge in [-0.2, -0.15) is 20.7 Å². The number of carbonyl (C=O) groups is 2. The SMILES string of the molecule is CC(C)(C)OC(N)=O.COc1ccc(CN2C3CC2CN(c2ccc(-c4cc(Br)cn5ncc(C#N)c45)cn2)C3)cn1.COc1ccc(CN2C3CC2CN(c2ccc(-c4cc(NC(=O)OC(C)(C)C)cn5ncc(C#N)c45)cn2)C3)cn1. The smallest absolute Gasteiger partial charge is 0.412 e. The molecule has 8 aromatic rings. The number of nitrogens with zero attached hydrogens (tertiary/aromatic N) is 14. The summed E-state index contributed by atoms with van der Waals surface area (Å²) in [4.78, 5) is 50.5.